The predicted octanol–water partition coefficient (Wildman–Crippen LogP) is 2.60. The van der Waals surface area contributed by atoms with Gasteiger partial charge in [-0.3, -0.25) is 4.79 Å². The number of hydrogen-bond donors (Lipinski definition) is 1. The van der Waals surface area contributed by atoms with Crippen molar-refractivity contribution in [2.75, 3.05) is 0 Å². The third-order valence-corrected chi connectivity index (χ3v) is 2.37. The summed E-state index contributed by atoms with van der Waals surface area (Å²) in [6.45, 7) is 3.99. The van der Waals surface area contributed by atoms with Crippen LogP contribution in [0.4, 0.5) is 0 Å². The molecule has 0 spiro atoms. The lowest BCUT2D eigenvalue weighted by Gasteiger charge is -1.92. The fourth-order valence-corrected chi connectivity index (χ4v) is 1.59. The van der Waals surface area contributed by atoms with E-state index in [4.69, 9.17) is 0 Å². The molecule has 0 aliphatic rings. The monoisotopic (exact) mass is 173 g/mol. The molecule has 66 valence electrons. The standard InChI is InChI=1S/C11H11NO/c1-7-3-4-9-8(2)11(6-13)12-10(9)5-7/h3-6,12H,1-2H3. The van der Waals surface area contributed by atoms with Gasteiger partial charge in [-0.1, -0.05) is 12.1 Å². The zero-order valence-corrected chi connectivity index (χ0v) is 7.72. The lowest BCUT2D eigenvalue weighted by molar-refractivity contribution is 0.111. The zero-order chi connectivity index (χ0) is 9.42. The molecule has 13 heavy (non-hydrogen) atoms. The van der Waals surface area contributed by atoms with Crippen molar-refractivity contribution in [3.8, 4) is 0 Å². The van der Waals surface area contributed by atoms with Crippen LogP contribution in [0.3, 0.4) is 0 Å². The lowest BCUT2D eigenvalue weighted by atomic mass is 10.1. The first-order valence-corrected chi connectivity index (χ1v) is 4.26. The van der Waals surface area contributed by atoms with Crippen molar-refractivity contribution < 1.29 is 4.79 Å². The van der Waals surface area contributed by atoms with E-state index in [-0.39, 0.29) is 0 Å². The Hall–Kier alpha value is -1.57. The molecular weight excluding hydrogens is 162 g/mol. The maximum atomic E-state index is 10.7. The molecule has 0 saturated carbocycles. The molecule has 1 aromatic heterocycles. The average Bonchev–Trinajstić information content (AvgIpc) is 2.42. The molecule has 1 aromatic carbocycles. The molecule has 2 nitrogen and oxygen atoms in total. The summed E-state index contributed by atoms with van der Waals surface area (Å²) >= 11 is 0. The van der Waals surface area contributed by atoms with Gasteiger partial charge in [-0.15, -0.1) is 0 Å². The fourth-order valence-electron chi connectivity index (χ4n) is 1.59. The Bertz CT molecular complexity index is 468. The number of rotatable bonds is 1. The molecule has 0 unspecified atom stereocenters. The Labute approximate surface area is 76.6 Å². The SMILES string of the molecule is Cc1ccc2c(C)c(C=O)[nH]c2c1. The number of nitrogens with one attached hydrogen (secondary N) is 1. The number of carbonyl (C=O) groups is 1. The van der Waals surface area contributed by atoms with E-state index < -0.39 is 0 Å². The van der Waals surface area contributed by atoms with Crippen LogP contribution >= 0.6 is 0 Å². The molecule has 0 aliphatic carbocycles. The Kier molecular flexibility index (Phi) is 1.69. The van der Waals surface area contributed by atoms with Gasteiger partial charge in [0, 0.05) is 10.9 Å². The third kappa shape index (κ3) is 1.15. The van der Waals surface area contributed by atoms with E-state index >= 15 is 0 Å². The number of aromatic nitrogens is 1. The van der Waals surface area contributed by atoms with E-state index in [9.17, 15) is 4.79 Å². The molecular formula is C11H11NO. The van der Waals surface area contributed by atoms with Gasteiger partial charge in [0.25, 0.3) is 0 Å². The summed E-state index contributed by atoms with van der Waals surface area (Å²) in [5.74, 6) is 0. The van der Waals surface area contributed by atoms with Crippen molar-refractivity contribution in [2.24, 2.45) is 0 Å². The first-order valence-electron chi connectivity index (χ1n) is 4.26. The maximum absolute atomic E-state index is 10.7. The van der Waals surface area contributed by atoms with Crippen LogP contribution in [0, 0.1) is 13.8 Å². The molecule has 0 saturated heterocycles. The molecule has 1 N–H and O–H groups in total. The van der Waals surface area contributed by atoms with Crippen LogP contribution in [0.2, 0.25) is 0 Å². The molecule has 2 heteroatoms. The smallest absolute Gasteiger partial charge is 0.166 e. The molecule has 2 aromatic rings. The predicted molar refractivity (Wildman–Crippen MR) is 53.2 cm³/mol. The number of H-pyrrole nitrogens is 1. The van der Waals surface area contributed by atoms with Crippen LogP contribution in [0.25, 0.3) is 10.9 Å². The van der Waals surface area contributed by atoms with Crippen LogP contribution in [-0.4, -0.2) is 11.3 Å². The summed E-state index contributed by atoms with van der Waals surface area (Å²) in [5.41, 5.74) is 3.95. The molecule has 2 rings (SSSR count). The minimum atomic E-state index is 0.681. The second kappa shape index (κ2) is 2.73. The normalized spacial score (nSPS) is 10.6. The van der Waals surface area contributed by atoms with Crippen molar-refractivity contribution in [2.45, 2.75) is 13.8 Å². The first-order chi connectivity index (χ1) is 6.22. The summed E-state index contributed by atoms with van der Waals surface area (Å²) in [5, 5.41) is 1.13. The minimum absolute atomic E-state index is 0.681. The van der Waals surface area contributed by atoms with Crippen LogP contribution < -0.4 is 0 Å². The van der Waals surface area contributed by atoms with Gasteiger partial charge < -0.3 is 4.98 Å². The van der Waals surface area contributed by atoms with Gasteiger partial charge in [0.1, 0.15) is 0 Å². The number of aryl methyl sites for hydroxylation is 2. The van der Waals surface area contributed by atoms with E-state index in [0.29, 0.717) is 5.69 Å². The number of aromatic amines is 1. The van der Waals surface area contributed by atoms with E-state index in [1.54, 1.807) is 0 Å². The summed E-state index contributed by atoms with van der Waals surface area (Å²) in [7, 11) is 0. The topological polar surface area (TPSA) is 32.9 Å². The third-order valence-electron chi connectivity index (χ3n) is 2.37. The highest BCUT2D eigenvalue weighted by molar-refractivity contribution is 5.92. The van der Waals surface area contributed by atoms with Crippen LogP contribution in [0.15, 0.2) is 18.2 Å². The molecule has 0 amide bonds. The van der Waals surface area contributed by atoms with Gasteiger partial charge in [0.2, 0.25) is 0 Å². The number of hydrogen-bond acceptors (Lipinski definition) is 1. The highest BCUT2D eigenvalue weighted by Crippen LogP contribution is 2.21. The second-order valence-electron chi connectivity index (χ2n) is 3.33. The number of aldehydes is 1. The molecule has 0 atom stereocenters. The van der Waals surface area contributed by atoms with E-state index in [2.05, 4.69) is 17.1 Å². The molecule has 0 aliphatic heterocycles. The van der Waals surface area contributed by atoms with Gasteiger partial charge in [0.05, 0.1) is 5.69 Å². The minimum Gasteiger partial charge on any atom is -0.352 e. The zero-order valence-electron chi connectivity index (χ0n) is 7.72. The summed E-state index contributed by atoms with van der Waals surface area (Å²) in [4.78, 5) is 13.7. The second-order valence-corrected chi connectivity index (χ2v) is 3.33. The number of carbonyl (C=O) groups excluding carboxylic acids is 1. The number of fused-ring (bicyclic) bond motifs is 1. The Balaban J connectivity index is 2.83. The van der Waals surface area contributed by atoms with Crippen molar-refractivity contribution in [1.29, 1.82) is 0 Å². The Morgan fingerprint density at radius 1 is 1.31 bits per heavy atom. The first kappa shape index (κ1) is 8.05. The highest BCUT2D eigenvalue weighted by Gasteiger charge is 2.05. The average molecular weight is 173 g/mol. The van der Waals surface area contributed by atoms with E-state index in [1.807, 2.05) is 19.9 Å². The Morgan fingerprint density at radius 3 is 2.77 bits per heavy atom. The van der Waals surface area contributed by atoms with Gasteiger partial charge in [-0.25, -0.2) is 0 Å². The largest absolute Gasteiger partial charge is 0.352 e. The fraction of sp³-hybridized carbons (Fsp3) is 0.182. The molecule has 0 radical (unpaired) electrons. The van der Waals surface area contributed by atoms with Crippen LogP contribution in [0.1, 0.15) is 21.6 Å². The van der Waals surface area contributed by atoms with Crippen molar-refractivity contribution >= 4 is 17.2 Å². The number of benzene rings is 1. The van der Waals surface area contributed by atoms with E-state index in [0.717, 1.165) is 22.8 Å². The maximum Gasteiger partial charge on any atom is 0.166 e. The summed E-state index contributed by atoms with van der Waals surface area (Å²) in [6.07, 6.45) is 0.866. The lowest BCUT2D eigenvalue weighted by Crippen LogP contribution is -1.80. The highest BCUT2D eigenvalue weighted by atomic mass is 16.1. The quantitative estimate of drug-likeness (QED) is 0.660. The molecule has 0 fully saturated rings. The van der Waals surface area contributed by atoms with E-state index in [1.165, 1.54) is 5.56 Å². The molecule has 1 heterocycles. The van der Waals surface area contributed by atoms with Crippen LogP contribution in [0.5, 0.6) is 0 Å². The van der Waals surface area contributed by atoms with Gasteiger partial charge in [-0.05, 0) is 31.0 Å². The Morgan fingerprint density at radius 2 is 2.08 bits per heavy atom. The van der Waals surface area contributed by atoms with Gasteiger partial charge in [0.15, 0.2) is 6.29 Å². The van der Waals surface area contributed by atoms with Gasteiger partial charge >= 0.3 is 0 Å². The van der Waals surface area contributed by atoms with Crippen molar-refractivity contribution in [3.63, 3.8) is 0 Å². The van der Waals surface area contributed by atoms with Crippen molar-refractivity contribution in [3.05, 3.63) is 35.0 Å². The van der Waals surface area contributed by atoms with Gasteiger partial charge in [-0.2, -0.15) is 0 Å². The van der Waals surface area contributed by atoms with Crippen molar-refractivity contribution in [1.82, 2.24) is 4.98 Å². The van der Waals surface area contributed by atoms with Crippen LogP contribution in [-0.2, 0) is 0 Å². The summed E-state index contributed by atoms with van der Waals surface area (Å²) < 4.78 is 0. The summed E-state index contributed by atoms with van der Waals surface area (Å²) in [6, 6.07) is 6.15. The molecule has 0 bridgehead atoms.